The first-order valence-electron chi connectivity index (χ1n) is 4.21. The van der Waals surface area contributed by atoms with Crippen molar-refractivity contribution in [2.45, 2.75) is 13.0 Å². The maximum absolute atomic E-state index is 2.45. The molecule has 0 N–H and O–H groups in total. The van der Waals surface area contributed by atoms with Crippen LogP contribution in [0.5, 0.6) is 0 Å². The molecule has 2 atom stereocenters. The minimum absolute atomic E-state index is 0.723. The van der Waals surface area contributed by atoms with Crippen molar-refractivity contribution in [3.63, 3.8) is 0 Å². The van der Waals surface area contributed by atoms with Crippen LogP contribution in [-0.2, 0) is 0 Å². The van der Waals surface area contributed by atoms with Crippen LogP contribution < -0.4 is 0 Å². The maximum atomic E-state index is 2.45. The summed E-state index contributed by atoms with van der Waals surface area (Å²) in [5.41, 5.74) is 1.47. The average Bonchev–Trinajstić information content (AvgIpc) is 2.85. The normalized spacial score (nSPS) is 28.5. The highest BCUT2D eigenvalue weighted by Gasteiger charge is 2.32. The zero-order valence-electron chi connectivity index (χ0n) is 6.83. The van der Waals surface area contributed by atoms with Crippen LogP contribution in [-0.4, -0.2) is 18.0 Å². The van der Waals surface area contributed by atoms with E-state index in [1.54, 1.807) is 0 Å². The van der Waals surface area contributed by atoms with Crippen LogP contribution in [0.2, 0.25) is 0 Å². The van der Waals surface area contributed by atoms with Gasteiger partial charge >= 0.3 is 0 Å². The van der Waals surface area contributed by atoms with Gasteiger partial charge in [0.2, 0.25) is 0 Å². The highest BCUT2D eigenvalue weighted by molar-refractivity contribution is 5.23. The molecule has 1 aliphatic heterocycles. The van der Waals surface area contributed by atoms with E-state index in [1.807, 2.05) is 0 Å². The molecule has 58 valence electrons. The summed E-state index contributed by atoms with van der Waals surface area (Å²) in [6.45, 7) is 4.64. The molecule has 0 aromatic heterocycles. The molecule has 1 heterocycles. The van der Waals surface area contributed by atoms with E-state index in [1.165, 1.54) is 18.7 Å². The third-order valence-electron chi connectivity index (χ3n) is 2.31. The van der Waals surface area contributed by atoms with Crippen molar-refractivity contribution in [2.75, 3.05) is 13.1 Å². The molecule has 0 amide bonds. The summed E-state index contributed by atoms with van der Waals surface area (Å²) in [7, 11) is 0. The number of benzene rings is 1. The molecule has 1 fully saturated rings. The molecule has 1 aromatic rings. The lowest BCUT2D eigenvalue weighted by atomic mass is 10.2. The van der Waals surface area contributed by atoms with E-state index in [0.717, 1.165) is 6.04 Å². The van der Waals surface area contributed by atoms with Crippen molar-refractivity contribution in [1.82, 2.24) is 4.90 Å². The van der Waals surface area contributed by atoms with E-state index < -0.39 is 0 Å². The molecule has 1 saturated heterocycles. The minimum atomic E-state index is 0.723. The first-order valence-corrected chi connectivity index (χ1v) is 4.21. The summed E-state index contributed by atoms with van der Waals surface area (Å²) in [6.07, 6.45) is 0. The molecule has 0 bridgehead atoms. The molecule has 2 unspecified atom stereocenters. The number of rotatable bonds is 2. The van der Waals surface area contributed by atoms with E-state index >= 15 is 0 Å². The van der Waals surface area contributed by atoms with Gasteiger partial charge in [-0.15, -0.1) is 0 Å². The van der Waals surface area contributed by atoms with Gasteiger partial charge in [-0.05, 0) is 12.1 Å². The van der Waals surface area contributed by atoms with Crippen molar-refractivity contribution in [2.24, 2.45) is 0 Å². The molecule has 0 aliphatic carbocycles. The highest BCUT2D eigenvalue weighted by atomic mass is 15.3. The van der Waals surface area contributed by atoms with Crippen LogP contribution in [0.25, 0.3) is 0 Å². The van der Waals surface area contributed by atoms with Crippen LogP contribution in [0.3, 0.4) is 0 Å². The van der Waals surface area contributed by atoms with E-state index in [-0.39, 0.29) is 0 Å². The van der Waals surface area contributed by atoms with E-state index in [9.17, 15) is 0 Å². The first-order chi connectivity index (χ1) is 5.42. The fourth-order valence-corrected chi connectivity index (χ4v) is 1.52. The van der Waals surface area contributed by atoms with Gasteiger partial charge in [-0.1, -0.05) is 37.3 Å². The van der Waals surface area contributed by atoms with Gasteiger partial charge in [0.15, 0.2) is 0 Å². The smallest absolute Gasteiger partial charge is 0.0476 e. The van der Waals surface area contributed by atoms with Crippen LogP contribution in [0, 0.1) is 0 Å². The molecule has 1 aromatic carbocycles. The molecule has 0 radical (unpaired) electrons. The van der Waals surface area contributed by atoms with E-state index in [2.05, 4.69) is 42.2 Å². The Morgan fingerprint density at radius 2 is 2.09 bits per heavy atom. The predicted octanol–water partition coefficient (Wildman–Crippen LogP) is 2.06. The van der Waals surface area contributed by atoms with Crippen LogP contribution in [0.4, 0.5) is 0 Å². The Kier molecular flexibility index (Phi) is 1.66. The molecule has 0 spiro atoms. The molecular weight excluding hydrogens is 134 g/mol. The third kappa shape index (κ3) is 1.29. The number of likely N-dealkylation sites (N-methyl/N-ethyl adjacent to an activating group) is 1. The Hall–Kier alpha value is -0.820. The third-order valence-corrected chi connectivity index (χ3v) is 2.31. The van der Waals surface area contributed by atoms with Gasteiger partial charge in [-0.25, -0.2) is 0 Å². The monoisotopic (exact) mass is 147 g/mol. The molecule has 0 saturated carbocycles. The summed E-state index contributed by atoms with van der Waals surface area (Å²) in [4.78, 5) is 2.45. The summed E-state index contributed by atoms with van der Waals surface area (Å²) in [6, 6.07) is 11.4. The van der Waals surface area contributed by atoms with Crippen molar-refractivity contribution in [3.05, 3.63) is 35.9 Å². The van der Waals surface area contributed by atoms with Crippen LogP contribution in [0.15, 0.2) is 30.3 Å². The lowest BCUT2D eigenvalue weighted by Gasteiger charge is -1.98. The van der Waals surface area contributed by atoms with Gasteiger partial charge in [0, 0.05) is 12.6 Å². The van der Waals surface area contributed by atoms with E-state index in [4.69, 9.17) is 0 Å². The number of hydrogen-bond acceptors (Lipinski definition) is 1. The summed E-state index contributed by atoms with van der Waals surface area (Å²) in [5.74, 6) is 0. The minimum Gasteiger partial charge on any atom is -0.293 e. The Morgan fingerprint density at radius 1 is 1.36 bits per heavy atom. The second-order valence-corrected chi connectivity index (χ2v) is 3.01. The Labute approximate surface area is 67.6 Å². The van der Waals surface area contributed by atoms with Crippen molar-refractivity contribution >= 4 is 0 Å². The largest absolute Gasteiger partial charge is 0.293 e. The maximum Gasteiger partial charge on any atom is 0.0476 e. The second kappa shape index (κ2) is 2.67. The Bertz CT molecular complexity index is 230. The van der Waals surface area contributed by atoms with Crippen LogP contribution in [0.1, 0.15) is 18.5 Å². The lowest BCUT2D eigenvalue weighted by Crippen LogP contribution is -1.94. The average molecular weight is 147 g/mol. The molecular formula is C10H13N. The molecule has 11 heavy (non-hydrogen) atoms. The highest BCUT2D eigenvalue weighted by Crippen LogP contribution is 2.33. The molecule has 1 heteroatoms. The quantitative estimate of drug-likeness (QED) is 0.579. The second-order valence-electron chi connectivity index (χ2n) is 3.01. The van der Waals surface area contributed by atoms with Gasteiger partial charge in [-0.3, -0.25) is 4.90 Å². The predicted molar refractivity (Wildman–Crippen MR) is 46.4 cm³/mol. The van der Waals surface area contributed by atoms with Crippen molar-refractivity contribution in [3.8, 4) is 0 Å². The molecule has 1 aliphatic rings. The summed E-state index contributed by atoms with van der Waals surface area (Å²) < 4.78 is 0. The van der Waals surface area contributed by atoms with Crippen molar-refractivity contribution in [1.29, 1.82) is 0 Å². The zero-order chi connectivity index (χ0) is 7.68. The standard InChI is InChI=1S/C10H13N/c1-2-11-8-10(11)9-6-4-3-5-7-9/h3-7,10H,2,8H2,1H3. The first kappa shape index (κ1) is 6.86. The van der Waals surface area contributed by atoms with Gasteiger partial charge in [0.05, 0.1) is 0 Å². The number of hydrogen-bond donors (Lipinski definition) is 0. The van der Waals surface area contributed by atoms with Gasteiger partial charge < -0.3 is 0 Å². The Balaban J connectivity index is 2.09. The van der Waals surface area contributed by atoms with Crippen LogP contribution >= 0.6 is 0 Å². The molecule has 2 rings (SSSR count). The summed E-state index contributed by atoms with van der Waals surface area (Å²) >= 11 is 0. The topological polar surface area (TPSA) is 3.01 Å². The van der Waals surface area contributed by atoms with Gasteiger partial charge in [0.1, 0.15) is 0 Å². The van der Waals surface area contributed by atoms with Crippen molar-refractivity contribution < 1.29 is 0 Å². The Morgan fingerprint density at radius 3 is 2.64 bits per heavy atom. The SMILES string of the molecule is CCN1CC1c1ccccc1. The molecule has 1 nitrogen and oxygen atoms in total. The zero-order valence-corrected chi connectivity index (χ0v) is 6.83. The fraction of sp³-hybridized carbons (Fsp3) is 0.400. The van der Waals surface area contributed by atoms with E-state index in [0.29, 0.717) is 0 Å². The van der Waals surface area contributed by atoms with Gasteiger partial charge in [0.25, 0.3) is 0 Å². The summed E-state index contributed by atoms with van der Waals surface area (Å²) in [5, 5.41) is 0. The fourth-order valence-electron chi connectivity index (χ4n) is 1.52. The van der Waals surface area contributed by atoms with Gasteiger partial charge in [-0.2, -0.15) is 0 Å². The number of nitrogens with zero attached hydrogens (tertiary/aromatic N) is 1. The lowest BCUT2D eigenvalue weighted by molar-refractivity contribution is 0.544.